The summed E-state index contributed by atoms with van der Waals surface area (Å²) < 4.78 is 5.10. The van der Waals surface area contributed by atoms with Crippen LogP contribution in [-0.2, 0) is 0 Å². The zero-order valence-electron chi connectivity index (χ0n) is 11.9. The minimum atomic E-state index is -0.291. The summed E-state index contributed by atoms with van der Waals surface area (Å²) in [7, 11) is 1.55. The van der Waals surface area contributed by atoms with Gasteiger partial charge in [-0.2, -0.15) is 0 Å². The Labute approximate surface area is 127 Å². The molecule has 1 aromatic heterocycles. The first-order valence-corrected chi connectivity index (χ1v) is 6.71. The largest absolute Gasteiger partial charge is 0.506 e. The average Bonchev–Trinajstić information content (AvgIpc) is 2.55. The smallest absolute Gasteiger partial charge is 0.256 e. The van der Waals surface area contributed by atoms with Crippen LogP contribution in [0.3, 0.4) is 0 Å². The molecule has 5 nitrogen and oxygen atoms in total. The Hall–Kier alpha value is -3.08. The van der Waals surface area contributed by atoms with Crippen molar-refractivity contribution in [2.75, 3.05) is 12.4 Å². The van der Waals surface area contributed by atoms with Crippen LogP contribution < -0.4 is 10.1 Å². The van der Waals surface area contributed by atoms with Crippen LogP contribution in [-0.4, -0.2) is 23.1 Å². The number of nitrogens with one attached hydrogen (secondary N) is 1. The Morgan fingerprint density at radius 2 is 1.95 bits per heavy atom. The van der Waals surface area contributed by atoms with Crippen molar-refractivity contribution in [1.29, 1.82) is 0 Å². The maximum absolute atomic E-state index is 12.2. The summed E-state index contributed by atoms with van der Waals surface area (Å²) in [5.74, 6) is 0.773. The van der Waals surface area contributed by atoms with Gasteiger partial charge in [0, 0.05) is 10.9 Å². The van der Waals surface area contributed by atoms with Crippen LogP contribution in [0.5, 0.6) is 11.5 Å². The van der Waals surface area contributed by atoms with Gasteiger partial charge in [0.05, 0.1) is 7.11 Å². The second-order valence-electron chi connectivity index (χ2n) is 4.73. The zero-order chi connectivity index (χ0) is 15.5. The Balaban J connectivity index is 1.89. The molecule has 2 aromatic carbocycles. The van der Waals surface area contributed by atoms with Gasteiger partial charge < -0.3 is 15.2 Å². The molecule has 5 heteroatoms. The van der Waals surface area contributed by atoms with Crippen molar-refractivity contribution in [3.63, 3.8) is 0 Å². The van der Waals surface area contributed by atoms with E-state index in [1.807, 2.05) is 6.07 Å². The Morgan fingerprint density at radius 1 is 1.14 bits per heavy atom. The number of ether oxygens (including phenoxy) is 1. The van der Waals surface area contributed by atoms with Gasteiger partial charge in [-0.15, -0.1) is 0 Å². The maximum Gasteiger partial charge on any atom is 0.256 e. The van der Waals surface area contributed by atoms with Crippen molar-refractivity contribution in [3.8, 4) is 11.5 Å². The fourth-order valence-corrected chi connectivity index (χ4v) is 2.15. The number of aromatic nitrogens is 1. The number of carbonyl (C=O) groups is 1. The van der Waals surface area contributed by atoms with Gasteiger partial charge in [-0.05, 0) is 36.4 Å². The van der Waals surface area contributed by atoms with E-state index in [0.29, 0.717) is 22.6 Å². The monoisotopic (exact) mass is 294 g/mol. The van der Waals surface area contributed by atoms with E-state index in [-0.39, 0.29) is 11.7 Å². The van der Waals surface area contributed by atoms with Crippen LogP contribution in [0, 0.1) is 0 Å². The highest BCUT2D eigenvalue weighted by Gasteiger charge is 2.09. The predicted molar refractivity (Wildman–Crippen MR) is 84.4 cm³/mol. The quantitative estimate of drug-likeness (QED) is 0.778. The standard InChI is InChI=1S/C17H14N2O3/c1-22-13-6-2-5-12(10-13)17(21)19-15-9-8-11-4-3-7-14(20)16(11)18-15/h2-10,20H,1H3,(H,18,19,21). The van der Waals surface area contributed by atoms with E-state index >= 15 is 0 Å². The predicted octanol–water partition coefficient (Wildman–Crippen LogP) is 3.20. The van der Waals surface area contributed by atoms with Crippen LogP contribution in [0.1, 0.15) is 10.4 Å². The van der Waals surface area contributed by atoms with Gasteiger partial charge >= 0.3 is 0 Å². The number of aromatic hydroxyl groups is 1. The van der Waals surface area contributed by atoms with Gasteiger partial charge in [0.15, 0.2) is 0 Å². The van der Waals surface area contributed by atoms with Gasteiger partial charge in [0.2, 0.25) is 0 Å². The molecule has 22 heavy (non-hydrogen) atoms. The van der Waals surface area contributed by atoms with E-state index in [1.165, 1.54) is 0 Å². The number of phenolic OH excluding ortho intramolecular Hbond substituents is 1. The summed E-state index contributed by atoms with van der Waals surface area (Å²) in [6.45, 7) is 0. The van der Waals surface area contributed by atoms with Gasteiger partial charge in [0.25, 0.3) is 5.91 Å². The lowest BCUT2D eigenvalue weighted by Crippen LogP contribution is -2.12. The van der Waals surface area contributed by atoms with Crippen LogP contribution >= 0.6 is 0 Å². The Kier molecular flexibility index (Phi) is 3.62. The molecule has 0 aliphatic heterocycles. The molecule has 0 bridgehead atoms. The summed E-state index contributed by atoms with van der Waals surface area (Å²) in [5, 5.41) is 13.3. The molecule has 1 heterocycles. The molecule has 0 aliphatic carbocycles. The van der Waals surface area contributed by atoms with Gasteiger partial charge in [-0.3, -0.25) is 4.79 Å². The lowest BCUT2D eigenvalue weighted by atomic mass is 10.2. The van der Waals surface area contributed by atoms with Crippen molar-refractivity contribution in [1.82, 2.24) is 4.98 Å². The molecular formula is C17H14N2O3. The topological polar surface area (TPSA) is 71.5 Å². The number of fused-ring (bicyclic) bond motifs is 1. The summed E-state index contributed by atoms with van der Waals surface area (Å²) in [4.78, 5) is 16.5. The summed E-state index contributed by atoms with van der Waals surface area (Å²) in [6, 6.07) is 15.5. The lowest BCUT2D eigenvalue weighted by molar-refractivity contribution is 0.102. The number of rotatable bonds is 3. The van der Waals surface area contributed by atoms with Crippen molar-refractivity contribution in [3.05, 3.63) is 60.2 Å². The minimum Gasteiger partial charge on any atom is -0.506 e. The number of nitrogens with zero attached hydrogens (tertiary/aromatic N) is 1. The highest BCUT2D eigenvalue weighted by Crippen LogP contribution is 2.24. The second kappa shape index (κ2) is 5.73. The van der Waals surface area contributed by atoms with Gasteiger partial charge in [0.1, 0.15) is 22.8 Å². The van der Waals surface area contributed by atoms with Crippen molar-refractivity contribution >= 4 is 22.6 Å². The Morgan fingerprint density at radius 3 is 2.77 bits per heavy atom. The number of hydrogen-bond donors (Lipinski definition) is 2. The number of benzene rings is 2. The third kappa shape index (κ3) is 2.69. The SMILES string of the molecule is COc1cccc(C(=O)Nc2ccc3cccc(O)c3n2)c1. The van der Waals surface area contributed by atoms with Crippen molar-refractivity contribution < 1.29 is 14.6 Å². The van der Waals surface area contributed by atoms with Crippen LogP contribution in [0.4, 0.5) is 5.82 Å². The van der Waals surface area contributed by atoms with Crippen LogP contribution in [0.15, 0.2) is 54.6 Å². The van der Waals surface area contributed by atoms with E-state index in [2.05, 4.69) is 10.3 Å². The third-order valence-electron chi connectivity index (χ3n) is 3.27. The van der Waals surface area contributed by atoms with Gasteiger partial charge in [-0.1, -0.05) is 18.2 Å². The molecule has 2 N–H and O–H groups in total. The fourth-order valence-electron chi connectivity index (χ4n) is 2.15. The molecular weight excluding hydrogens is 280 g/mol. The van der Waals surface area contributed by atoms with E-state index in [0.717, 1.165) is 5.39 Å². The maximum atomic E-state index is 12.2. The summed E-state index contributed by atoms with van der Waals surface area (Å²) in [6.07, 6.45) is 0. The molecule has 0 fully saturated rings. The van der Waals surface area contributed by atoms with E-state index in [1.54, 1.807) is 55.6 Å². The molecule has 0 aliphatic rings. The normalized spacial score (nSPS) is 10.4. The van der Waals surface area contributed by atoms with Gasteiger partial charge in [-0.25, -0.2) is 4.98 Å². The minimum absolute atomic E-state index is 0.0787. The van der Waals surface area contributed by atoms with E-state index in [9.17, 15) is 9.90 Å². The molecule has 0 atom stereocenters. The first kappa shape index (κ1) is 13.9. The zero-order valence-corrected chi connectivity index (χ0v) is 11.9. The highest BCUT2D eigenvalue weighted by molar-refractivity contribution is 6.04. The molecule has 3 aromatic rings. The van der Waals surface area contributed by atoms with Crippen LogP contribution in [0.2, 0.25) is 0 Å². The van der Waals surface area contributed by atoms with Crippen molar-refractivity contribution in [2.24, 2.45) is 0 Å². The van der Waals surface area contributed by atoms with E-state index < -0.39 is 0 Å². The summed E-state index contributed by atoms with van der Waals surface area (Å²) >= 11 is 0. The molecule has 0 radical (unpaired) electrons. The van der Waals surface area contributed by atoms with E-state index in [4.69, 9.17) is 4.74 Å². The molecule has 110 valence electrons. The number of para-hydroxylation sites is 1. The average molecular weight is 294 g/mol. The third-order valence-corrected chi connectivity index (χ3v) is 3.27. The number of hydrogen-bond acceptors (Lipinski definition) is 4. The van der Waals surface area contributed by atoms with Crippen LogP contribution in [0.25, 0.3) is 10.9 Å². The Bertz CT molecular complexity index is 846. The molecule has 1 amide bonds. The molecule has 0 unspecified atom stereocenters. The second-order valence-corrected chi connectivity index (χ2v) is 4.73. The molecule has 3 rings (SSSR count). The first-order valence-electron chi connectivity index (χ1n) is 6.71. The lowest BCUT2D eigenvalue weighted by Gasteiger charge is -2.07. The first-order chi connectivity index (χ1) is 10.7. The number of phenols is 1. The molecule has 0 saturated carbocycles. The summed E-state index contributed by atoms with van der Waals surface area (Å²) in [5.41, 5.74) is 0.921. The number of methoxy groups -OCH3 is 1. The molecule has 0 spiro atoms. The number of anilines is 1. The van der Waals surface area contributed by atoms with Crippen molar-refractivity contribution in [2.45, 2.75) is 0 Å². The fraction of sp³-hybridized carbons (Fsp3) is 0.0588. The number of amides is 1. The highest BCUT2D eigenvalue weighted by atomic mass is 16.5. The number of carbonyl (C=O) groups excluding carboxylic acids is 1. The number of pyridine rings is 1. The molecule has 0 saturated heterocycles.